The van der Waals surface area contributed by atoms with Crippen LogP contribution in [0.1, 0.15) is 23.5 Å². The molecule has 5 nitrogen and oxygen atoms in total. The standard InChI is InChI=1S/C12H19N3O2S/c1-5-6-13-11-14-7-9(18-11)10(16)15(4)8-12(2,3)17/h5,7,17H,1,6,8H2,2-4H3,(H,13,14). The van der Waals surface area contributed by atoms with Crippen molar-refractivity contribution in [1.82, 2.24) is 9.88 Å². The molecular formula is C12H19N3O2S. The van der Waals surface area contributed by atoms with Gasteiger partial charge in [0.15, 0.2) is 5.13 Å². The molecule has 0 aliphatic carbocycles. The number of carbonyl (C=O) groups excluding carboxylic acids is 1. The summed E-state index contributed by atoms with van der Waals surface area (Å²) in [5.74, 6) is -0.138. The maximum Gasteiger partial charge on any atom is 0.265 e. The van der Waals surface area contributed by atoms with Crippen LogP contribution in [0.3, 0.4) is 0 Å². The molecule has 100 valence electrons. The smallest absolute Gasteiger partial charge is 0.265 e. The number of carbonyl (C=O) groups is 1. The van der Waals surface area contributed by atoms with Gasteiger partial charge in [-0.3, -0.25) is 4.79 Å². The molecule has 0 aliphatic heterocycles. The first-order valence-corrected chi connectivity index (χ1v) is 6.43. The van der Waals surface area contributed by atoms with Gasteiger partial charge in [-0.25, -0.2) is 4.98 Å². The summed E-state index contributed by atoms with van der Waals surface area (Å²) in [7, 11) is 1.66. The Hall–Kier alpha value is -1.40. The van der Waals surface area contributed by atoms with Gasteiger partial charge in [-0.15, -0.1) is 6.58 Å². The van der Waals surface area contributed by atoms with Gasteiger partial charge in [0, 0.05) is 20.1 Å². The van der Waals surface area contributed by atoms with Gasteiger partial charge in [-0.2, -0.15) is 0 Å². The van der Waals surface area contributed by atoms with Crippen molar-refractivity contribution in [2.75, 3.05) is 25.5 Å². The summed E-state index contributed by atoms with van der Waals surface area (Å²) in [5.41, 5.74) is -0.904. The molecule has 1 heterocycles. The Morgan fingerprint density at radius 3 is 2.94 bits per heavy atom. The van der Waals surface area contributed by atoms with Crippen LogP contribution < -0.4 is 5.32 Å². The molecule has 0 aromatic carbocycles. The maximum atomic E-state index is 12.0. The predicted octanol–water partition coefficient (Wildman–Crippen LogP) is 1.58. The van der Waals surface area contributed by atoms with Crippen molar-refractivity contribution in [3.63, 3.8) is 0 Å². The van der Waals surface area contributed by atoms with E-state index in [4.69, 9.17) is 0 Å². The van der Waals surface area contributed by atoms with Crippen molar-refractivity contribution in [1.29, 1.82) is 0 Å². The second kappa shape index (κ2) is 5.97. The SMILES string of the molecule is C=CCNc1ncc(C(=O)N(C)CC(C)(C)O)s1. The molecule has 0 atom stereocenters. The van der Waals surface area contributed by atoms with Gasteiger partial charge in [-0.1, -0.05) is 17.4 Å². The van der Waals surface area contributed by atoms with Crippen LogP contribution in [-0.2, 0) is 0 Å². The van der Waals surface area contributed by atoms with Crippen LogP contribution in [0.4, 0.5) is 5.13 Å². The molecule has 1 rings (SSSR count). The molecule has 18 heavy (non-hydrogen) atoms. The highest BCUT2D eigenvalue weighted by Crippen LogP contribution is 2.19. The second-order valence-corrected chi connectivity index (χ2v) is 5.70. The third kappa shape index (κ3) is 4.46. The van der Waals surface area contributed by atoms with Gasteiger partial charge < -0.3 is 15.3 Å². The zero-order chi connectivity index (χ0) is 13.8. The number of aromatic nitrogens is 1. The van der Waals surface area contributed by atoms with Crippen molar-refractivity contribution in [3.05, 3.63) is 23.7 Å². The van der Waals surface area contributed by atoms with Crippen LogP contribution in [0.5, 0.6) is 0 Å². The van der Waals surface area contributed by atoms with E-state index in [9.17, 15) is 9.90 Å². The Bertz CT molecular complexity index is 423. The summed E-state index contributed by atoms with van der Waals surface area (Å²) < 4.78 is 0. The first-order valence-electron chi connectivity index (χ1n) is 5.62. The lowest BCUT2D eigenvalue weighted by Gasteiger charge is -2.24. The predicted molar refractivity (Wildman–Crippen MR) is 74.1 cm³/mol. The first kappa shape index (κ1) is 14.7. The first-order chi connectivity index (χ1) is 8.33. The fourth-order valence-corrected chi connectivity index (χ4v) is 2.27. The zero-order valence-corrected chi connectivity index (χ0v) is 11.8. The van der Waals surface area contributed by atoms with Gasteiger partial charge in [-0.05, 0) is 13.8 Å². The van der Waals surface area contributed by atoms with E-state index in [1.165, 1.54) is 16.2 Å². The number of amides is 1. The number of hydrogen-bond acceptors (Lipinski definition) is 5. The number of aliphatic hydroxyl groups is 1. The van der Waals surface area contributed by atoms with E-state index in [1.807, 2.05) is 0 Å². The molecule has 0 unspecified atom stereocenters. The summed E-state index contributed by atoms with van der Waals surface area (Å²) in [4.78, 5) is 18.2. The highest BCUT2D eigenvalue weighted by atomic mass is 32.1. The Morgan fingerprint density at radius 1 is 1.72 bits per heavy atom. The Morgan fingerprint density at radius 2 is 2.39 bits per heavy atom. The van der Waals surface area contributed by atoms with Crippen molar-refractivity contribution >= 4 is 22.4 Å². The van der Waals surface area contributed by atoms with E-state index in [0.717, 1.165) is 0 Å². The third-order valence-electron chi connectivity index (χ3n) is 2.08. The summed E-state index contributed by atoms with van der Waals surface area (Å²) >= 11 is 1.29. The third-order valence-corrected chi connectivity index (χ3v) is 3.03. The second-order valence-electron chi connectivity index (χ2n) is 4.67. The lowest BCUT2D eigenvalue weighted by Crippen LogP contribution is -2.39. The van der Waals surface area contributed by atoms with Gasteiger partial charge in [0.2, 0.25) is 0 Å². The van der Waals surface area contributed by atoms with Crippen LogP contribution in [0, 0.1) is 0 Å². The summed E-state index contributed by atoms with van der Waals surface area (Å²) in [6, 6.07) is 0. The van der Waals surface area contributed by atoms with E-state index in [-0.39, 0.29) is 12.5 Å². The molecule has 0 radical (unpaired) electrons. The monoisotopic (exact) mass is 269 g/mol. The molecule has 1 aromatic heterocycles. The van der Waals surface area contributed by atoms with Gasteiger partial charge in [0.05, 0.1) is 11.8 Å². The molecule has 0 fully saturated rings. The molecule has 0 bridgehead atoms. The van der Waals surface area contributed by atoms with Gasteiger partial charge >= 0.3 is 0 Å². The average Bonchev–Trinajstić information content (AvgIpc) is 2.71. The molecule has 1 amide bonds. The number of nitrogens with zero attached hydrogens (tertiary/aromatic N) is 2. The molecule has 2 N–H and O–H groups in total. The quantitative estimate of drug-likeness (QED) is 0.770. The van der Waals surface area contributed by atoms with Crippen molar-refractivity contribution in [2.45, 2.75) is 19.4 Å². The Kier molecular flexibility index (Phi) is 4.86. The number of nitrogens with one attached hydrogen (secondary N) is 1. The molecule has 0 saturated carbocycles. The number of anilines is 1. The summed E-state index contributed by atoms with van der Waals surface area (Å²) in [6.45, 7) is 7.82. The maximum absolute atomic E-state index is 12.0. The van der Waals surface area contributed by atoms with Crippen LogP contribution in [0.15, 0.2) is 18.9 Å². The molecule has 0 aliphatic rings. The van der Waals surface area contributed by atoms with E-state index >= 15 is 0 Å². The molecular weight excluding hydrogens is 250 g/mol. The number of rotatable bonds is 6. The number of thiazole rings is 1. The lowest BCUT2D eigenvalue weighted by atomic mass is 10.1. The van der Waals surface area contributed by atoms with E-state index in [0.29, 0.717) is 16.6 Å². The van der Waals surface area contributed by atoms with Gasteiger partial charge in [0.1, 0.15) is 4.88 Å². The molecule has 0 saturated heterocycles. The fourth-order valence-electron chi connectivity index (χ4n) is 1.45. The van der Waals surface area contributed by atoms with Gasteiger partial charge in [0.25, 0.3) is 5.91 Å². The van der Waals surface area contributed by atoms with Crippen molar-refractivity contribution in [3.8, 4) is 0 Å². The Balaban J connectivity index is 2.66. The largest absolute Gasteiger partial charge is 0.389 e. The van der Waals surface area contributed by atoms with Crippen LogP contribution >= 0.6 is 11.3 Å². The van der Waals surface area contributed by atoms with Crippen molar-refractivity contribution in [2.24, 2.45) is 0 Å². The highest BCUT2D eigenvalue weighted by Gasteiger charge is 2.21. The average molecular weight is 269 g/mol. The minimum absolute atomic E-state index is 0.138. The van der Waals surface area contributed by atoms with Crippen LogP contribution in [0.25, 0.3) is 0 Å². The molecule has 0 spiro atoms. The summed E-state index contributed by atoms with van der Waals surface area (Å²) in [6.07, 6.45) is 3.27. The highest BCUT2D eigenvalue weighted by molar-refractivity contribution is 7.17. The molecule has 1 aromatic rings. The fraction of sp³-hybridized carbons (Fsp3) is 0.500. The van der Waals surface area contributed by atoms with E-state index in [2.05, 4.69) is 16.9 Å². The van der Waals surface area contributed by atoms with Crippen molar-refractivity contribution < 1.29 is 9.90 Å². The Labute approximate surface area is 111 Å². The minimum atomic E-state index is -0.904. The normalized spacial score (nSPS) is 11.1. The lowest BCUT2D eigenvalue weighted by molar-refractivity contribution is 0.0370. The topological polar surface area (TPSA) is 65.5 Å². The van der Waals surface area contributed by atoms with E-state index < -0.39 is 5.60 Å². The summed E-state index contributed by atoms with van der Waals surface area (Å²) in [5, 5.41) is 13.4. The van der Waals surface area contributed by atoms with Crippen LogP contribution in [0.2, 0.25) is 0 Å². The number of likely N-dealkylation sites (N-methyl/N-ethyl adjacent to an activating group) is 1. The van der Waals surface area contributed by atoms with Crippen LogP contribution in [-0.4, -0.2) is 46.6 Å². The molecule has 6 heteroatoms. The number of hydrogen-bond donors (Lipinski definition) is 2. The van der Waals surface area contributed by atoms with E-state index in [1.54, 1.807) is 33.2 Å². The minimum Gasteiger partial charge on any atom is -0.389 e. The zero-order valence-electron chi connectivity index (χ0n) is 10.9.